The van der Waals surface area contributed by atoms with Crippen LogP contribution in [0, 0.1) is 0 Å². The topological polar surface area (TPSA) is 81.9 Å². The van der Waals surface area contributed by atoms with E-state index >= 15 is 0 Å². The lowest BCUT2D eigenvalue weighted by Gasteiger charge is -2.07. The smallest absolute Gasteiger partial charge is 0.257 e. The van der Waals surface area contributed by atoms with E-state index in [1.807, 2.05) is 17.8 Å². The fourth-order valence-corrected chi connectivity index (χ4v) is 3.24. The highest BCUT2D eigenvalue weighted by Gasteiger charge is 2.27. The molecule has 0 atom stereocenters. The Balaban J connectivity index is 1.35. The van der Waals surface area contributed by atoms with E-state index in [1.165, 1.54) is 24.2 Å². The number of nitrogens with one attached hydrogen (secondary N) is 1. The first kappa shape index (κ1) is 15.8. The van der Waals surface area contributed by atoms with Crippen LogP contribution in [0.15, 0.2) is 36.7 Å². The standard InChI is InChI=1S/C17H17N5O2S/c1-22-9-8-18-14(22)10-24-13-6-4-11(5-7-13)15(23)19-17-21-20-16(25-17)12-2-3-12/h4-9,12H,2-3,10H2,1H3,(H,19,21,23). The number of benzene rings is 1. The second-order valence-electron chi connectivity index (χ2n) is 5.94. The van der Waals surface area contributed by atoms with Crippen molar-refractivity contribution in [3.63, 3.8) is 0 Å². The van der Waals surface area contributed by atoms with Gasteiger partial charge in [0.25, 0.3) is 5.91 Å². The fourth-order valence-electron chi connectivity index (χ4n) is 2.34. The average Bonchev–Trinajstić information content (AvgIpc) is 3.24. The molecule has 7 nitrogen and oxygen atoms in total. The first-order chi connectivity index (χ1) is 12.2. The van der Waals surface area contributed by atoms with Crippen LogP contribution in [0.25, 0.3) is 0 Å². The molecule has 1 amide bonds. The van der Waals surface area contributed by atoms with Crippen LogP contribution in [0.1, 0.15) is 39.9 Å². The van der Waals surface area contributed by atoms with Gasteiger partial charge in [0.2, 0.25) is 5.13 Å². The molecule has 2 heterocycles. The summed E-state index contributed by atoms with van der Waals surface area (Å²) in [6, 6.07) is 7.00. The van der Waals surface area contributed by atoms with Gasteiger partial charge < -0.3 is 9.30 Å². The van der Waals surface area contributed by atoms with Gasteiger partial charge >= 0.3 is 0 Å². The Hall–Kier alpha value is -2.74. The summed E-state index contributed by atoms with van der Waals surface area (Å²) < 4.78 is 7.59. The molecule has 0 spiro atoms. The molecule has 1 aromatic carbocycles. The lowest BCUT2D eigenvalue weighted by Crippen LogP contribution is -2.11. The molecule has 2 aromatic heterocycles. The van der Waals surface area contributed by atoms with Gasteiger partial charge in [0, 0.05) is 30.9 Å². The molecule has 1 aliphatic rings. The zero-order valence-corrected chi connectivity index (χ0v) is 14.5. The van der Waals surface area contributed by atoms with Gasteiger partial charge in [0.15, 0.2) is 0 Å². The second-order valence-corrected chi connectivity index (χ2v) is 6.95. The van der Waals surface area contributed by atoms with Crippen molar-refractivity contribution in [1.29, 1.82) is 0 Å². The molecule has 25 heavy (non-hydrogen) atoms. The number of carbonyl (C=O) groups is 1. The minimum Gasteiger partial charge on any atom is -0.486 e. The van der Waals surface area contributed by atoms with Gasteiger partial charge in [-0.15, -0.1) is 10.2 Å². The highest BCUT2D eigenvalue weighted by Crippen LogP contribution is 2.42. The molecule has 0 radical (unpaired) electrons. The Morgan fingerprint density at radius 3 is 2.80 bits per heavy atom. The number of amides is 1. The predicted molar refractivity (Wildman–Crippen MR) is 93.8 cm³/mol. The Labute approximate surface area is 148 Å². The summed E-state index contributed by atoms with van der Waals surface area (Å²) in [5, 5.41) is 12.5. The van der Waals surface area contributed by atoms with Crippen molar-refractivity contribution >= 4 is 22.4 Å². The maximum Gasteiger partial charge on any atom is 0.257 e. The highest BCUT2D eigenvalue weighted by molar-refractivity contribution is 7.15. The third kappa shape index (κ3) is 3.69. The molecular weight excluding hydrogens is 338 g/mol. The molecule has 3 aromatic rings. The first-order valence-electron chi connectivity index (χ1n) is 8.03. The van der Waals surface area contributed by atoms with Crippen LogP contribution in [0.5, 0.6) is 5.75 Å². The number of aromatic nitrogens is 4. The van der Waals surface area contributed by atoms with Gasteiger partial charge in [-0.3, -0.25) is 10.1 Å². The van der Waals surface area contributed by atoms with Crippen molar-refractivity contribution in [3.8, 4) is 5.75 Å². The van der Waals surface area contributed by atoms with E-state index in [4.69, 9.17) is 4.74 Å². The molecule has 0 aliphatic heterocycles. The zero-order chi connectivity index (χ0) is 17.2. The van der Waals surface area contributed by atoms with Crippen LogP contribution in [-0.4, -0.2) is 25.7 Å². The summed E-state index contributed by atoms with van der Waals surface area (Å²) >= 11 is 1.45. The lowest BCUT2D eigenvalue weighted by molar-refractivity contribution is 0.102. The van der Waals surface area contributed by atoms with Crippen LogP contribution in [-0.2, 0) is 13.7 Å². The van der Waals surface area contributed by atoms with Gasteiger partial charge in [-0.25, -0.2) is 4.98 Å². The molecule has 1 saturated carbocycles. The molecule has 1 fully saturated rings. The number of anilines is 1. The highest BCUT2D eigenvalue weighted by atomic mass is 32.1. The first-order valence-corrected chi connectivity index (χ1v) is 8.84. The fraction of sp³-hybridized carbons (Fsp3) is 0.294. The molecule has 4 rings (SSSR count). The third-order valence-electron chi connectivity index (χ3n) is 3.99. The second kappa shape index (κ2) is 6.64. The van der Waals surface area contributed by atoms with Gasteiger partial charge in [-0.1, -0.05) is 11.3 Å². The van der Waals surface area contributed by atoms with E-state index in [1.54, 1.807) is 30.5 Å². The number of imidazole rings is 1. The minimum atomic E-state index is -0.200. The summed E-state index contributed by atoms with van der Waals surface area (Å²) in [4.78, 5) is 16.5. The summed E-state index contributed by atoms with van der Waals surface area (Å²) in [5.74, 6) is 1.86. The Morgan fingerprint density at radius 2 is 2.12 bits per heavy atom. The van der Waals surface area contributed by atoms with E-state index in [-0.39, 0.29) is 5.91 Å². The van der Waals surface area contributed by atoms with Crippen LogP contribution in [0.3, 0.4) is 0 Å². The number of carbonyl (C=O) groups excluding carboxylic acids is 1. The van der Waals surface area contributed by atoms with Crippen molar-refractivity contribution in [3.05, 3.63) is 53.1 Å². The number of ether oxygens (including phenoxy) is 1. The maximum absolute atomic E-state index is 12.3. The van der Waals surface area contributed by atoms with Gasteiger partial charge in [0.05, 0.1) is 0 Å². The molecule has 8 heteroatoms. The molecule has 0 saturated heterocycles. The normalized spacial score (nSPS) is 13.6. The molecular formula is C17H17N5O2S. The zero-order valence-electron chi connectivity index (χ0n) is 13.7. The van der Waals surface area contributed by atoms with Crippen LogP contribution < -0.4 is 10.1 Å². The number of hydrogen-bond donors (Lipinski definition) is 1. The Kier molecular flexibility index (Phi) is 4.19. The quantitative estimate of drug-likeness (QED) is 0.735. The van der Waals surface area contributed by atoms with E-state index < -0.39 is 0 Å². The Morgan fingerprint density at radius 1 is 1.32 bits per heavy atom. The lowest BCUT2D eigenvalue weighted by atomic mass is 10.2. The van der Waals surface area contributed by atoms with E-state index in [2.05, 4.69) is 20.5 Å². The Bertz CT molecular complexity index is 883. The van der Waals surface area contributed by atoms with E-state index in [0.29, 0.717) is 29.0 Å². The van der Waals surface area contributed by atoms with Gasteiger partial charge in [0.1, 0.15) is 23.2 Å². The summed E-state index contributed by atoms with van der Waals surface area (Å²) in [6.45, 7) is 0.379. The van der Waals surface area contributed by atoms with Gasteiger partial charge in [-0.2, -0.15) is 0 Å². The number of hydrogen-bond acceptors (Lipinski definition) is 6. The van der Waals surface area contributed by atoms with Crippen molar-refractivity contribution < 1.29 is 9.53 Å². The largest absolute Gasteiger partial charge is 0.486 e. The third-order valence-corrected chi connectivity index (χ3v) is 4.99. The van der Waals surface area contributed by atoms with E-state index in [0.717, 1.165) is 10.8 Å². The predicted octanol–water partition coefficient (Wildman–Crippen LogP) is 2.98. The SMILES string of the molecule is Cn1ccnc1COc1ccc(C(=O)Nc2nnc(C3CC3)s2)cc1. The van der Waals surface area contributed by atoms with Crippen molar-refractivity contribution in [1.82, 2.24) is 19.7 Å². The minimum absolute atomic E-state index is 0.200. The maximum atomic E-state index is 12.3. The van der Waals surface area contributed by atoms with Crippen molar-refractivity contribution in [2.75, 3.05) is 5.32 Å². The van der Waals surface area contributed by atoms with E-state index in [9.17, 15) is 4.79 Å². The van der Waals surface area contributed by atoms with Crippen molar-refractivity contribution in [2.45, 2.75) is 25.4 Å². The number of rotatable bonds is 6. The molecule has 1 N–H and O–H groups in total. The summed E-state index contributed by atoms with van der Waals surface area (Å²) in [5.41, 5.74) is 0.549. The van der Waals surface area contributed by atoms with Gasteiger partial charge in [-0.05, 0) is 37.1 Å². The average molecular weight is 355 g/mol. The van der Waals surface area contributed by atoms with Crippen LogP contribution in [0.4, 0.5) is 5.13 Å². The number of aryl methyl sites for hydroxylation is 1. The monoisotopic (exact) mass is 355 g/mol. The van der Waals surface area contributed by atoms with Crippen LogP contribution in [0.2, 0.25) is 0 Å². The molecule has 0 unspecified atom stereocenters. The number of nitrogens with zero attached hydrogens (tertiary/aromatic N) is 4. The van der Waals surface area contributed by atoms with Crippen LogP contribution >= 0.6 is 11.3 Å². The molecule has 1 aliphatic carbocycles. The molecule has 0 bridgehead atoms. The summed E-state index contributed by atoms with van der Waals surface area (Å²) in [6.07, 6.45) is 5.94. The van der Waals surface area contributed by atoms with Crippen molar-refractivity contribution in [2.24, 2.45) is 7.05 Å². The summed E-state index contributed by atoms with van der Waals surface area (Å²) in [7, 11) is 1.92. The molecule has 128 valence electrons.